The fraction of sp³-hybridized carbons (Fsp3) is 0.154. The van der Waals surface area contributed by atoms with E-state index in [2.05, 4.69) is 10.3 Å². The zero-order valence-electron chi connectivity index (χ0n) is 9.66. The van der Waals surface area contributed by atoms with Crippen molar-refractivity contribution in [2.24, 2.45) is 0 Å². The fourth-order valence-corrected chi connectivity index (χ4v) is 1.62. The molecule has 0 aliphatic heterocycles. The third-order valence-corrected chi connectivity index (χ3v) is 2.55. The molecule has 5 heteroatoms. The molecule has 3 N–H and O–H groups in total. The van der Waals surface area contributed by atoms with Gasteiger partial charge >= 0.3 is 0 Å². The highest BCUT2D eigenvalue weighted by Gasteiger charge is 2.07. The number of benzene rings is 1. The van der Waals surface area contributed by atoms with E-state index in [0.717, 1.165) is 11.6 Å². The molecule has 2 rings (SSSR count). The summed E-state index contributed by atoms with van der Waals surface area (Å²) in [6.45, 7) is 0.527. The molecule has 1 heterocycles. The lowest BCUT2D eigenvalue weighted by Crippen LogP contribution is -2.08. The van der Waals surface area contributed by atoms with Crippen LogP contribution in [-0.2, 0) is 6.42 Å². The highest BCUT2D eigenvalue weighted by molar-refractivity contribution is 5.66. The van der Waals surface area contributed by atoms with Crippen LogP contribution in [0.1, 0.15) is 5.56 Å². The van der Waals surface area contributed by atoms with Crippen LogP contribution in [0.15, 0.2) is 36.7 Å². The number of rotatable bonds is 4. The Labute approximate surface area is 104 Å². The molecule has 18 heavy (non-hydrogen) atoms. The molecule has 0 amide bonds. The van der Waals surface area contributed by atoms with Crippen molar-refractivity contribution in [3.63, 3.8) is 0 Å². The summed E-state index contributed by atoms with van der Waals surface area (Å²) in [5, 5.41) is 2.91. The van der Waals surface area contributed by atoms with Crippen molar-refractivity contribution in [2.75, 3.05) is 17.6 Å². The second-order valence-electron chi connectivity index (χ2n) is 3.89. The van der Waals surface area contributed by atoms with Gasteiger partial charge in [0.05, 0.1) is 11.4 Å². The van der Waals surface area contributed by atoms with Gasteiger partial charge in [0.1, 0.15) is 5.82 Å². The second kappa shape index (κ2) is 5.44. The van der Waals surface area contributed by atoms with Crippen LogP contribution < -0.4 is 11.1 Å². The monoisotopic (exact) mass is 249 g/mol. The summed E-state index contributed by atoms with van der Waals surface area (Å²) < 4.78 is 26.2. The first-order chi connectivity index (χ1) is 8.66. The van der Waals surface area contributed by atoms with Gasteiger partial charge in [-0.2, -0.15) is 0 Å². The Morgan fingerprint density at radius 1 is 1.28 bits per heavy atom. The molecule has 0 aliphatic carbocycles. The van der Waals surface area contributed by atoms with Gasteiger partial charge in [0.2, 0.25) is 0 Å². The standard InChI is InChI=1S/C13H13F2N3/c14-10-6-11(15)13(16)12(7-10)18-5-3-9-2-1-4-17-8-9/h1-2,4,6-8,18H,3,5,16H2. The summed E-state index contributed by atoms with van der Waals surface area (Å²) in [6.07, 6.45) is 4.14. The number of halogens is 2. The molecule has 1 aromatic carbocycles. The number of anilines is 2. The number of aromatic nitrogens is 1. The topological polar surface area (TPSA) is 50.9 Å². The molecule has 0 atom stereocenters. The lowest BCUT2D eigenvalue weighted by molar-refractivity contribution is 0.587. The van der Waals surface area contributed by atoms with Gasteiger partial charge in [-0.3, -0.25) is 4.98 Å². The van der Waals surface area contributed by atoms with E-state index >= 15 is 0 Å². The summed E-state index contributed by atoms with van der Waals surface area (Å²) in [5.74, 6) is -1.40. The van der Waals surface area contributed by atoms with Crippen molar-refractivity contribution >= 4 is 11.4 Å². The number of nitrogen functional groups attached to an aromatic ring is 1. The van der Waals surface area contributed by atoms with Crippen molar-refractivity contribution in [3.8, 4) is 0 Å². The molecule has 0 aliphatic rings. The number of pyridine rings is 1. The van der Waals surface area contributed by atoms with Crippen molar-refractivity contribution in [3.05, 3.63) is 53.9 Å². The smallest absolute Gasteiger partial charge is 0.151 e. The number of hydrogen-bond acceptors (Lipinski definition) is 3. The maximum atomic E-state index is 13.2. The molecule has 0 saturated carbocycles. The largest absolute Gasteiger partial charge is 0.395 e. The minimum absolute atomic E-state index is 0.0670. The molecule has 0 fully saturated rings. The minimum atomic E-state index is -0.751. The van der Waals surface area contributed by atoms with Crippen LogP contribution in [0.4, 0.5) is 20.2 Å². The van der Waals surface area contributed by atoms with E-state index in [0.29, 0.717) is 13.0 Å². The summed E-state index contributed by atoms with van der Waals surface area (Å²) in [5.41, 5.74) is 6.76. The van der Waals surface area contributed by atoms with Crippen LogP contribution in [0, 0.1) is 11.6 Å². The third-order valence-electron chi connectivity index (χ3n) is 2.55. The van der Waals surface area contributed by atoms with E-state index in [1.807, 2.05) is 12.1 Å². The van der Waals surface area contributed by atoms with Gasteiger partial charge in [-0.05, 0) is 24.1 Å². The van der Waals surface area contributed by atoms with Gasteiger partial charge in [0.15, 0.2) is 5.82 Å². The van der Waals surface area contributed by atoms with E-state index in [1.54, 1.807) is 12.4 Å². The van der Waals surface area contributed by atoms with Crippen LogP contribution in [-0.4, -0.2) is 11.5 Å². The molecule has 2 aromatic rings. The average Bonchev–Trinajstić information content (AvgIpc) is 2.36. The molecule has 94 valence electrons. The zero-order valence-corrected chi connectivity index (χ0v) is 9.66. The molecule has 1 aromatic heterocycles. The maximum Gasteiger partial charge on any atom is 0.151 e. The summed E-state index contributed by atoms with van der Waals surface area (Å²) in [7, 11) is 0. The molecule has 0 spiro atoms. The second-order valence-corrected chi connectivity index (χ2v) is 3.89. The lowest BCUT2D eigenvalue weighted by atomic mass is 10.2. The Bertz CT molecular complexity index is 529. The predicted molar refractivity (Wildman–Crippen MR) is 67.2 cm³/mol. The molecule has 3 nitrogen and oxygen atoms in total. The molecular formula is C13H13F2N3. The first-order valence-electron chi connectivity index (χ1n) is 5.54. The Kier molecular flexibility index (Phi) is 3.72. The fourth-order valence-electron chi connectivity index (χ4n) is 1.62. The van der Waals surface area contributed by atoms with Gasteiger partial charge in [-0.25, -0.2) is 8.78 Å². The number of nitrogens with two attached hydrogens (primary N) is 1. The van der Waals surface area contributed by atoms with E-state index < -0.39 is 11.6 Å². The van der Waals surface area contributed by atoms with Crippen molar-refractivity contribution in [1.82, 2.24) is 4.98 Å². The molecule has 0 radical (unpaired) electrons. The molecule has 0 unspecified atom stereocenters. The highest BCUT2D eigenvalue weighted by atomic mass is 19.1. The predicted octanol–water partition coefficient (Wildman–Crippen LogP) is 2.60. The van der Waals surface area contributed by atoms with E-state index in [9.17, 15) is 8.78 Å². The van der Waals surface area contributed by atoms with Crippen LogP contribution in [0.25, 0.3) is 0 Å². The van der Waals surface area contributed by atoms with Crippen molar-refractivity contribution in [2.45, 2.75) is 6.42 Å². The van der Waals surface area contributed by atoms with E-state index in [-0.39, 0.29) is 11.4 Å². The SMILES string of the molecule is Nc1c(F)cc(F)cc1NCCc1cccnc1. The quantitative estimate of drug-likeness (QED) is 0.819. The molecule has 0 bridgehead atoms. The molecular weight excluding hydrogens is 236 g/mol. The van der Waals surface area contributed by atoms with Gasteiger partial charge < -0.3 is 11.1 Å². The van der Waals surface area contributed by atoms with Crippen LogP contribution in [0.3, 0.4) is 0 Å². The first kappa shape index (κ1) is 12.3. The first-order valence-corrected chi connectivity index (χ1v) is 5.54. The normalized spacial score (nSPS) is 10.3. The number of nitrogens with one attached hydrogen (secondary N) is 1. The third kappa shape index (κ3) is 2.94. The Balaban J connectivity index is 1.99. The van der Waals surface area contributed by atoms with Gasteiger partial charge in [0, 0.05) is 25.0 Å². The van der Waals surface area contributed by atoms with Gasteiger partial charge in [-0.1, -0.05) is 6.07 Å². The van der Waals surface area contributed by atoms with E-state index in [4.69, 9.17) is 5.73 Å². The van der Waals surface area contributed by atoms with Gasteiger partial charge in [-0.15, -0.1) is 0 Å². The molecule has 0 saturated heterocycles. The Morgan fingerprint density at radius 3 is 2.83 bits per heavy atom. The van der Waals surface area contributed by atoms with Crippen LogP contribution in [0.2, 0.25) is 0 Å². The zero-order chi connectivity index (χ0) is 13.0. The minimum Gasteiger partial charge on any atom is -0.395 e. The van der Waals surface area contributed by atoms with Gasteiger partial charge in [0.25, 0.3) is 0 Å². The number of hydrogen-bond donors (Lipinski definition) is 2. The van der Waals surface area contributed by atoms with Crippen LogP contribution >= 0.6 is 0 Å². The van der Waals surface area contributed by atoms with Crippen LogP contribution in [0.5, 0.6) is 0 Å². The Hall–Kier alpha value is -2.17. The summed E-state index contributed by atoms with van der Waals surface area (Å²) in [6, 6.07) is 5.72. The van der Waals surface area contributed by atoms with E-state index in [1.165, 1.54) is 6.07 Å². The van der Waals surface area contributed by atoms with Crippen molar-refractivity contribution < 1.29 is 8.78 Å². The Morgan fingerprint density at radius 2 is 2.11 bits per heavy atom. The highest BCUT2D eigenvalue weighted by Crippen LogP contribution is 2.23. The number of nitrogens with zero attached hydrogens (tertiary/aromatic N) is 1. The maximum absolute atomic E-state index is 13.2. The van der Waals surface area contributed by atoms with Crippen molar-refractivity contribution in [1.29, 1.82) is 0 Å². The summed E-state index contributed by atoms with van der Waals surface area (Å²) >= 11 is 0. The lowest BCUT2D eigenvalue weighted by Gasteiger charge is -2.10. The average molecular weight is 249 g/mol. The summed E-state index contributed by atoms with van der Waals surface area (Å²) in [4.78, 5) is 3.98.